The molecule has 1 aromatic carbocycles. The number of anilines is 1. The summed E-state index contributed by atoms with van der Waals surface area (Å²) in [6.45, 7) is 2.53. The van der Waals surface area contributed by atoms with Gasteiger partial charge in [0.2, 0.25) is 0 Å². The number of nitrogens with one attached hydrogen (secondary N) is 1. The van der Waals surface area contributed by atoms with E-state index in [9.17, 15) is 18.0 Å². The smallest absolute Gasteiger partial charge is 0.366 e. The predicted molar refractivity (Wildman–Crippen MR) is 109 cm³/mol. The lowest BCUT2D eigenvalue weighted by atomic mass is 9.91. The Labute approximate surface area is 183 Å². The molecule has 0 spiro atoms. The first-order chi connectivity index (χ1) is 15.4. The molecule has 2 aromatic rings. The molecule has 3 fully saturated rings. The van der Waals surface area contributed by atoms with Crippen LogP contribution in [0.25, 0.3) is 0 Å². The van der Waals surface area contributed by atoms with Gasteiger partial charge in [0.25, 0.3) is 0 Å². The first kappa shape index (κ1) is 21.0. The molecule has 32 heavy (non-hydrogen) atoms. The number of halogens is 3. The second kappa shape index (κ2) is 8.27. The highest BCUT2D eigenvalue weighted by molar-refractivity contribution is 5.76. The quantitative estimate of drug-likeness (QED) is 0.758. The van der Waals surface area contributed by atoms with Crippen LogP contribution < -0.4 is 4.90 Å². The number of benzene rings is 1. The maximum atomic E-state index is 12.8. The third kappa shape index (κ3) is 4.38. The lowest BCUT2D eigenvalue weighted by molar-refractivity contribution is -0.187. The van der Waals surface area contributed by atoms with Gasteiger partial charge in [-0.3, -0.25) is 0 Å². The summed E-state index contributed by atoms with van der Waals surface area (Å²) in [5.74, 6) is 0.545. The minimum absolute atomic E-state index is 0.0781. The van der Waals surface area contributed by atoms with E-state index in [4.69, 9.17) is 4.74 Å². The van der Waals surface area contributed by atoms with E-state index < -0.39 is 12.8 Å². The van der Waals surface area contributed by atoms with Crippen molar-refractivity contribution >= 4 is 11.7 Å². The molecule has 0 radical (unpaired) electrons. The van der Waals surface area contributed by atoms with Crippen LogP contribution in [0.1, 0.15) is 29.5 Å². The van der Waals surface area contributed by atoms with Crippen LogP contribution in [0, 0.1) is 0 Å². The third-order valence-corrected chi connectivity index (χ3v) is 6.52. The van der Waals surface area contributed by atoms with Crippen molar-refractivity contribution in [1.29, 1.82) is 0 Å². The van der Waals surface area contributed by atoms with Crippen molar-refractivity contribution in [2.24, 2.45) is 0 Å². The zero-order valence-corrected chi connectivity index (χ0v) is 17.5. The molecule has 0 unspecified atom stereocenters. The molecule has 3 aliphatic heterocycles. The Morgan fingerprint density at radius 2 is 1.78 bits per heavy atom. The van der Waals surface area contributed by atoms with Crippen molar-refractivity contribution in [1.82, 2.24) is 25.2 Å². The summed E-state index contributed by atoms with van der Waals surface area (Å²) >= 11 is 0. The molecule has 8 nitrogen and oxygen atoms in total. The molecule has 172 valence electrons. The van der Waals surface area contributed by atoms with Gasteiger partial charge in [-0.15, -0.1) is 0 Å². The highest BCUT2D eigenvalue weighted by atomic mass is 19.4. The molecule has 0 bridgehead atoms. The first-order valence-electron chi connectivity index (χ1n) is 10.8. The fourth-order valence-corrected chi connectivity index (χ4v) is 4.55. The van der Waals surface area contributed by atoms with Crippen molar-refractivity contribution in [2.75, 3.05) is 50.8 Å². The number of carbonyl (C=O) groups is 1. The van der Waals surface area contributed by atoms with Gasteiger partial charge in [0.1, 0.15) is 6.61 Å². The van der Waals surface area contributed by atoms with Gasteiger partial charge in [-0.25, -0.2) is 4.79 Å². The lowest BCUT2D eigenvalue weighted by Gasteiger charge is -2.42. The summed E-state index contributed by atoms with van der Waals surface area (Å²) in [7, 11) is 0. The highest BCUT2D eigenvalue weighted by Gasteiger charge is 2.38. The molecule has 0 saturated carbocycles. The number of carbonyl (C=O) groups excluding carboxylic acids is 1. The van der Waals surface area contributed by atoms with Crippen molar-refractivity contribution < 1.29 is 22.7 Å². The van der Waals surface area contributed by atoms with Crippen molar-refractivity contribution in [3.8, 4) is 0 Å². The molecule has 2 amide bonds. The second-order valence-corrected chi connectivity index (χ2v) is 8.76. The second-order valence-electron chi connectivity index (χ2n) is 8.76. The number of aromatic amines is 1. The maximum absolute atomic E-state index is 12.8. The van der Waals surface area contributed by atoms with E-state index in [-0.39, 0.29) is 18.1 Å². The molecule has 3 aliphatic rings. The number of amides is 2. The Kier molecular flexibility index (Phi) is 5.44. The normalized spacial score (nSPS) is 22.2. The number of ether oxygens (including phenoxy) is 1. The molecular formula is C21H25F3N6O2. The summed E-state index contributed by atoms with van der Waals surface area (Å²) in [5, 5.41) is 10.6. The monoisotopic (exact) mass is 450 g/mol. The third-order valence-electron chi connectivity index (χ3n) is 6.52. The van der Waals surface area contributed by atoms with Crippen LogP contribution in [0.3, 0.4) is 0 Å². The fraction of sp³-hybridized carbons (Fsp3) is 0.571. The summed E-state index contributed by atoms with van der Waals surface area (Å²) in [4.78, 5) is 18.5. The zero-order chi connectivity index (χ0) is 22.3. The standard InChI is InChI=1S/C21H25F3N6O2/c22-21(23,24)13-32-18-11-29(12-18)17-3-1-14(2-4-17)16-9-30(10-16)20(31)28-6-5-15(8-28)19-7-25-27-26-19/h1-4,7,15-16,18H,5-6,8-13H2,(H,25,26,27)/t15-/m1/s1. The Morgan fingerprint density at radius 1 is 1.06 bits per heavy atom. The van der Waals surface area contributed by atoms with Crippen LogP contribution in [-0.2, 0) is 4.74 Å². The zero-order valence-electron chi connectivity index (χ0n) is 17.5. The minimum Gasteiger partial charge on any atom is -0.366 e. The van der Waals surface area contributed by atoms with E-state index in [2.05, 4.69) is 15.4 Å². The number of urea groups is 1. The van der Waals surface area contributed by atoms with E-state index in [0.717, 1.165) is 24.3 Å². The Balaban J connectivity index is 1.06. The lowest BCUT2D eigenvalue weighted by Crippen LogP contribution is -2.53. The Hall–Kier alpha value is -2.82. The van der Waals surface area contributed by atoms with Crippen LogP contribution in [0.5, 0.6) is 0 Å². The number of H-pyrrole nitrogens is 1. The van der Waals surface area contributed by atoms with Gasteiger partial charge in [-0.2, -0.15) is 28.6 Å². The first-order valence-corrected chi connectivity index (χ1v) is 10.8. The molecule has 1 N–H and O–H groups in total. The van der Waals surface area contributed by atoms with Crippen LogP contribution in [0.2, 0.25) is 0 Å². The number of hydrogen-bond donors (Lipinski definition) is 1. The molecule has 11 heteroatoms. The Morgan fingerprint density at radius 3 is 2.44 bits per heavy atom. The number of nitrogens with zero attached hydrogens (tertiary/aromatic N) is 5. The summed E-state index contributed by atoms with van der Waals surface area (Å²) < 4.78 is 41.5. The molecule has 0 aliphatic carbocycles. The summed E-state index contributed by atoms with van der Waals surface area (Å²) in [6, 6.07) is 8.14. The van der Waals surface area contributed by atoms with E-state index in [1.54, 1.807) is 6.20 Å². The number of rotatable bonds is 5. The predicted octanol–water partition coefficient (Wildman–Crippen LogP) is 2.58. The topological polar surface area (TPSA) is 77.6 Å². The van der Waals surface area contributed by atoms with Gasteiger partial charge in [0.05, 0.1) is 18.0 Å². The fourth-order valence-electron chi connectivity index (χ4n) is 4.55. The van der Waals surface area contributed by atoms with E-state index in [0.29, 0.717) is 38.6 Å². The van der Waals surface area contributed by atoms with E-state index in [1.165, 1.54) is 5.56 Å². The van der Waals surface area contributed by atoms with E-state index >= 15 is 0 Å². The number of likely N-dealkylation sites (tertiary alicyclic amines) is 2. The van der Waals surface area contributed by atoms with Crippen LogP contribution in [0.4, 0.5) is 23.7 Å². The molecule has 4 heterocycles. The largest absolute Gasteiger partial charge is 0.411 e. The van der Waals surface area contributed by atoms with Crippen molar-refractivity contribution in [3.63, 3.8) is 0 Å². The number of alkyl halides is 3. The van der Waals surface area contributed by atoms with Gasteiger partial charge in [0, 0.05) is 56.8 Å². The summed E-state index contributed by atoms with van der Waals surface area (Å²) in [5.41, 5.74) is 3.05. The summed E-state index contributed by atoms with van der Waals surface area (Å²) in [6.07, 6.45) is -2.04. The Bertz CT molecular complexity index is 924. The van der Waals surface area contributed by atoms with Gasteiger partial charge in [0.15, 0.2) is 0 Å². The number of aromatic nitrogens is 3. The van der Waals surface area contributed by atoms with E-state index in [1.807, 2.05) is 39.0 Å². The van der Waals surface area contributed by atoms with Crippen LogP contribution in [-0.4, -0.2) is 89.4 Å². The van der Waals surface area contributed by atoms with Crippen LogP contribution in [0.15, 0.2) is 30.5 Å². The van der Waals surface area contributed by atoms with Gasteiger partial charge < -0.3 is 19.4 Å². The molecule has 3 saturated heterocycles. The highest BCUT2D eigenvalue weighted by Crippen LogP contribution is 2.33. The molecule has 1 aromatic heterocycles. The van der Waals surface area contributed by atoms with Gasteiger partial charge in [-0.05, 0) is 24.1 Å². The van der Waals surface area contributed by atoms with Gasteiger partial charge in [-0.1, -0.05) is 12.1 Å². The van der Waals surface area contributed by atoms with Crippen LogP contribution >= 0.6 is 0 Å². The molecular weight excluding hydrogens is 425 g/mol. The van der Waals surface area contributed by atoms with Crippen molar-refractivity contribution in [2.45, 2.75) is 30.5 Å². The average molecular weight is 450 g/mol. The number of hydrogen-bond acceptors (Lipinski definition) is 5. The van der Waals surface area contributed by atoms with Gasteiger partial charge >= 0.3 is 12.2 Å². The SMILES string of the molecule is O=C(N1CC(c2ccc(N3CC(OCC(F)(F)F)C3)cc2)C1)N1CC[C@@H](c2cn[nH]n2)C1. The minimum atomic E-state index is -4.28. The van der Waals surface area contributed by atoms with Crippen molar-refractivity contribution in [3.05, 3.63) is 41.7 Å². The molecule has 1 atom stereocenters. The average Bonchev–Trinajstić information content (AvgIpc) is 3.37. The molecule has 5 rings (SSSR count). The maximum Gasteiger partial charge on any atom is 0.411 e.